The second-order valence-corrected chi connectivity index (χ2v) is 11.6. The van der Waals surface area contributed by atoms with Crippen LogP contribution in [-0.2, 0) is 0 Å². The van der Waals surface area contributed by atoms with Gasteiger partial charge in [0.2, 0.25) is 5.89 Å². The first kappa shape index (κ1) is 27.0. The lowest BCUT2D eigenvalue weighted by atomic mass is 10.0. The van der Waals surface area contributed by atoms with Gasteiger partial charge in [-0.15, -0.1) is 0 Å². The summed E-state index contributed by atoms with van der Waals surface area (Å²) in [4.78, 5) is 7.19. The van der Waals surface area contributed by atoms with Crippen LogP contribution in [-0.4, -0.2) is 4.98 Å². The van der Waals surface area contributed by atoms with E-state index in [1.165, 1.54) is 5.56 Å². The van der Waals surface area contributed by atoms with E-state index in [9.17, 15) is 0 Å². The molecule has 0 amide bonds. The van der Waals surface area contributed by atoms with E-state index in [0.29, 0.717) is 5.89 Å². The van der Waals surface area contributed by atoms with E-state index in [-0.39, 0.29) is 0 Å². The maximum atomic E-state index is 6.32. The van der Waals surface area contributed by atoms with Gasteiger partial charge in [-0.1, -0.05) is 103 Å². The van der Waals surface area contributed by atoms with Gasteiger partial charge in [-0.2, -0.15) is 0 Å². The number of para-hydroxylation sites is 2. The number of anilines is 3. The van der Waals surface area contributed by atoms with E-state index < -0.39 is 0 Å². The monoisotopic (exact) mass is 604 g/mol. The number of oxazole rings is 1. The molecule has 4 nitrogen and oxygen atoms in total. The highest BCUT2D eigenvalue weighted by atomic mass is 16.3. The molecule has 0 unspecified atom stereocenters. The van der Waals surface area contributed by atoms with Crippen LogP contribution in [0.2, 0.25) is 0 Å². The van der Waals surface area contributed by atoms with E-state index in [0.717, 1.165) is 72.4 Å². The average molecular weight is 605 g/mol. The van der Waals surface area contributed by atoms with Gasteiger partial charge < -0.3 is 13.7 Å². The van der Waals surface area contributed by atoms with Crippen molar-refractivity contribution in [3.8, 4) is 33.7 Å². The van der Waals surface area contributed by atoms with Gasteiger partial charge in [-0.3, -0.25) is 0 Å². The van der Waals surface area contributed by atoms with Crippen LogP contribution in [0.3, 0.4) is 0 Å². The molecule has 0 atom stereocenters. The molecule has 47 heavy (non-hydrogen) atoms. The molecule has 0 radical (unpaired) electrons. The summed E-state index contributed by atoms with van der Waals surface area (Å²) in [5, 5.41) is 2.22. The Kier molecular flexibility index (Phi) is 6.43. The maximum Gasteiger partial charge on any atom is 0.227 e. The van der Waals surface area contributed by atoms with Crippen molar-refractivity contribution in [1.29, 1.82) is 0 Å². The lowest BCUT2D eigenvalue weighted by molar-refractivity contribution is 0.620. The largest absolute Gasteiger partial charge is 0.456 e. The Balaban J connectivity index is 1.16. The summed E-state index contributed by atoms with van der Waals surface area (Å²) in [6.45, 7) is 0. The van der Waals surface area contributed by atoms with Crippen molar-refractivity contribution < 1.29 is 8.83 Å². The molecule has 2 heterocycles. The Hall–Kier alpha value is -6.39. The summed E-state index contributed by atoms with van der Waals surface area (Å²) >= 11 is 0. The predicted octanol–water partition coefficient (Wildman–Crippen LogP) is 12.2. The zero-order valence-corrected chi connectivity index (χ0v) is 25.4. The molecule has 222 valence electrons. The standard InChI is InChI=1S/C43H28N2O2/c1-3-11-29(12-4-1)32-15-9-16-34(27-32)45(35-25-26-38-37-17-7-8-19-39(37)46-41(38)28-35)33-23-21-30(22-24-33)36-18-10-20-40-42(36)44-43(47-40)31-13-5-2-6-14-31/h1-28H. The van der Waals surface area contributed by atoms with Gasteiger partial charge >= 0.3 is 0 Å². The zero-order valence-electron chi connectivity index (χ0n) is 25.4. The van der Waals surface area contributed by atoms with Crippen LogP contribution in [0.1, 0.15) is 0 Å². The van der Waals surface area contributed by atoms with E-state index in [4.69, 9.17) is 13.8 Å². The van der Waals surface area contributed by atoms with Crippen molar-refractivity contribution in [2.24, 2.45) is 0 Å². The summed E-state index contributed by atoms with van der Waals surface area (Å²) in [6, 6.07) is 58.6. The molecule has 0 saturated heterocycles. The molecular weight excluding hydrogens is 576 g/mol. The van der Waals surface area contributed by atoms with Crippen LogP contribution in [0.4, 0.5) is 17.1 Å². The molecule has 0 saturated carbocycles. The number of benzene rings is 7. The lowest BCUT2D eigenvalue weighted by Gasteiger charge is -2.26. The minimum absolute atomic E-state index is 0.620. The molecular formula is C43H28N2O2. The van der Waals surface area contributed by atoms with Gasteiger partial charge in [0, 0.05) is 45.0 Å². The van der Waals surface area contributed by atoms with Crippen LogP contribution < -0.4 is 4.90 Å². The van der Waals surface area contributed by atoms with Crippen molar-refractivity contribution in [1.82, 2.24) is 4.98 Å². The fraction of sp³-hybridized carbons (Fsp3) is 0. The first-order valence-corrected chi connectivity index (χ1v) is 15.7. The molecule has 9 rings (SSSR count). The molecule has 2 aromatic heterocycles. The average Bonchev–Trinajstić information content (AvgIpc) is 3.75. The summed E-state index contributed by atoms with van der Waals surface area (Å²) in [5.41, 5.74) is 11.8. The highest BCUT2D eigenvalue weighted by Gasteiger charge is 2.18. The third kappa shape index (κ3) is 4.84. The molecule has 0 fully saturated rings. The SMILES string of the molecule is c1ccc(-c2cccc(N(c3ccc(-c4cccc5oc(-c6ccccc6)nc45)cc3)c3ccc4c(c3)oc3ccccc34)c2)cc1. The van der Waals surface area contributed by atoms with E-state index in [2.05, 4.69) is 114 Å². The number of rotatable bonds is 6. The topological polar surface area (TPSA) is 42.4 Å². The van der Waals surface area contributed by atoms with E-state index in [1.54, 1.807) is 0 Å². The summed E-state index contributed by atoms with van der Waals surface area (Å²) in [6.07, 6.45) is 0. The van der Waals surface area contributed by atoms with Crippen molar-refractivity contribution in [3.05, 3.63) is 170 Å². The highest BCUT2D eigenvalue weighted by molar-refractivity contribution is 6.06. The second-order valence-electron chi connectivity index (χ2n) is 11.6. The zero-order chi connectivity index (χ0) is 31.2. The Morgan fingerprint density at radius 2 is 1.02 bits per heavy atom. The Morgan fingerprint density at radius 3 is 1.85 bits per heavy atom. The summed E-state index contributed by atoms with van der Waals surface area (Å²) < 4.78 is 12.5. The van der Waals surface area contributed by atoms with Gasteiger partial charge in [-0.25, -0.2) is 4.98 Å². The van der Waals surface area contributed by atoms with Crippen LogP contribution in [0.25, 0.3) is 66.7 Å². The Morgan fingerprint density at radius 1 is 0.383 bits per heavy atom. The summed E-state index contributed by atoms with van der Waals surface area (Å²) in [7, 11) is 0. The number of hydrogen-bond donors (Lipinski definition) is 0. The molecule has 4 heteroatoms. The maximum absolute atomic E-state index is 6.32. The van der Waals surface area contributed by atoms with Gasteiger partial charge in [0.05, 0.1) is 0 Å². The fourth-order valence-electron chi connectivity index (χ4n) is 6.43. The van der Waals surface area contributed by atoms with Crippen LogP contribution in [0, 0.1) is 0 Å². The molecule has 0 spiro atoms. The first-order chi connectivity index (χ1) is 23.3. The number of aromatic nitrogens is 1. The molecule has 9 aromatic rings. The van der Waals surface area contributed by atoms with Crippen molar-refractivity contribution >= 4 is 50.1 Å². The van der Waals surface area contributed by atoms with Gasteiger partial charge in [0.1, 0.15) is 16.7 Å². The highest BCUT2D eigenvalue weighted by Crippen LogP contribution is 2.41. The molecule has 0 bridgehead atoms. The van der Waals surface area contributed by atoms with E-state index in [1.807, 2.05) is 60.7 Å². The molecule has 0 N–H and O–H groups in total. The third-order valence-corrected chi connectivity index (χ3v) is 8.71. The van der Waals surface area contributed by atoms with Crippen LogP contribution in [0.15, 0.2) is 179 Å². The predicted molar refractivity (Wildman–Crippen MR) is 192 cm³/mol. The lowest BCUT2D eigenvalue weighted by Crippen LogP contribution is -2.10. The smallest absolute Gasteiger partial charge is 0.227 e. The molecule has 0 aliphatic carbocycles. The minimum atomic E-state index is 0.620. The van der Waals surface area contributed by atoms with Gasteiger partial charge in [0.25, 0.3) is 0 Å². The van der Waals surface area contributed by atoms with Crippen molar-refractivity contribution in [2.45, 2.75) is 0 Å². The minimum Gasteiger partial charge on any atom is -0.456 e. The molecule has 7 aromatic carbocycles. The van der Waals surface area contributed by atoms with E-state index >= 15 is 0 Å². The summed E-state index contributed by atoms with van der Waals surface area (Å²) in [5.74, 6) is 0.620. The molecule has 0 aliphatic rings. The normalized spacial score (nSPS) is 11.4. The Bertz CT molecular complexity index is 2510. The molecule has 0 aliphatic heterocycles. The number of hydrogen-bond acceptors (Lipinski definition) is 4. The Labute approximate surface area is 271 Å². The first-order valence-electron chi connectivity index (χ1n) is 15.7. The quantitative estimate of drug-likeness (QED) is 0.189. The third-order valence-electron chi connectivity index (χ3n) is 8.71. The van der Waals surface area contributed by atoms with Crippen LogP contribution >= 0.6 is 0 Å². The van der Waals surface area contributed by atoms with Gasteiger partial charge in [0.15, 0.2) is 5.58 Å². The fourth-order valence-corrected chi connectivity index (χ4v) is 6.43. The number of fused-ring (bicyclic) bond motifs is 4. The second kappa shape index (κ2) is 11.2. The van der Waals surface area contributed by atoms with Crippen molar-refractivity contribution in [2.75, 3.05) is 4.90 Å². The number of nitrogens with zero attached hydrogens (tertiary/aromatic N) is 2. The van der Waals surface area contributed by atoms with Crippen LogP contribution in [0.5, 0.6) is 0 Å². The van der Waals surface area contributed by atoms with Crippen molar-refractivity contribution in [3.63, 3.8) is 0 Å². The number of furan rings is 1. The van der Waals surface area contributed by atoms with Gasteiger partial charge in [-0.05, 0) is 77.4 Å².